The second kappa shape index (κ2) is 4.00. The summed E-state index contributed by atoms with van der Waals surface area (Å²) in [4.78, 5) is 17.0. The van der Waals surface area contributed by atoms with Crippen molar-refractivity contribution in [1.29, 1.82) is 0 Å². The Bertz CT molecular complexity index is 796. The Hall–Kier alpha value is -2.50. The van der Waals surface area contributed by atoms with Gasteiger partial charge in [0.1, 0.15) is 6.04 Å². The van der Waals surface area contributed by atoms with Gasteiger partial charge in [-0.1, -0.05) is 36.4 Å². The van der Waals surface area contributed by atoms with E-state index in [-0.39, 0.29) is 5.56 Å². The molecule has 0 amide bonds. The highest BCUT2D eigenvalue weighted by molar-refractivity contribution is 6.27. The Morgan fingerprint density at radius 1 is 1.05 bits per heavy atom. The molecule has 2 heterocycles. The Kier molecular flexibility index (Phi) is 2.34. The molecular weight excluding hydrogens is 268 g/mol. The molecular formula is C16H12N2O3. The van der Waals surface area contributed by atoms with Gasteiger partial charge >= 0.3 is 0 Å². The minimum atomic E-state index is -2.55. The van der Waals surface area contributed by atoms with Gasteiger partial charge in [0.15, 0.2) is 0 Å². The number of carbonyl (C=O) groups excluding carboxylic acids is 1. The lowest BCUT2D eigenvalue weighted by Gasteiger charge is -2.22. The van der Waals surface area contributed by atoms with Gasteiger partial charge in [0.25, 0.3) is 5.79 Å². The van der Waals surface area contributed by atoms with E-state index < -0.39 is 17.6 Å². The van der Waals surface area contributed by atoms with Crippen LogP contribution in [-0.2, 0) is 10.6 Å². The molecule has 0 saturated carbocycles. The van der Waals surface area contributed by atoms with E-state index in [0.717, 1.165) is 11.3 Å². The first-order valence-corrected chi connectivity index (χ1v) is 6.62. The van der Waals surface area contributed by atoms with E-state index in [1.54, 1.807) is 18.2 Å². The van der Waals surface area contributed by atoms with Crippen LogP contribution < -0.4 is 5.32 Å². The molecule has 0 saturated heterocycles. The molecule has 2 aromatic rings. The third-order valence-corrected chi connectivity index (χ3v) is 3.90. The standard InChI is InChI=1S/C16H12N2O3/c19-15-14-13(9-5-1-3-7-11(9)17-14)18-12-8-4-2-6-10(12)16(15,20)21/h1-8,14,17,20-21H. The number of ketones is 1. The summed E-state index contributed by atoms with van der Waals surface area (Å²) in [6, 6.07) is 13.1. The minimum Gasteiger partial charge on any atom is -0.370 e. The smallest absolute Gasteiger partial charge is 0.256 e. The highest BCUT2D eigenvalue weighted by atomic mass is 16.5. The van der Waals surface area contributed by atoms with Gasteiger partial charge in [0, 0.05) is 16.8 Å². The molecule has 5 nitrogen and oxygen atoms in total. The van der Waals surface area contributed by atoms with Crippen molar-refractivity contribution < 1.29 is 15.0 Å². The van der Waals surface area contributed by atoms with Gasteiger partial charge in [-0.05, 0) is 12.1 Å². The molecule has 2 aliphatic rings. The summed E-state index contributed by atoms with van der Waals surface area (Å²) in [5, 5.41) is 23.6. The number of fused-ring (bicyclic) bond motifs is 4. The fourth-order valence-corrected chi connectivity index (χ4v) is 2.86. The highest BCUT2D eigenvalue weighted by Gasteiger charge is 2.48. The number of nitrogens with zero attached hydrogens (tertiary/aromatic N) is 1. The Balaban J connectivity index is 2.01. The fourth-order valence-electron chi connectivity index (χ4n) is 2.86. The maximum atomic E-state index is 12.5. The molecule has 1 atom stereocenters. The number of anilines is 1. The second-order valence-electron chi connectivity index (χ2n) is 5.17. The lowest BCUT2D eigenvalue weighted by Crippen LogP contribution is -2.46. The summed E-state index contributed by atoms with van der Waals surface area (Å²) >= 11 is 0. The minimum absolute atomic E-state index is 0.108. The summed E-state index contributed by atoms with van der Waals surface area (Å²) in [5.74, 6) is -3.27. The zero-order valence-electron chi connectivity index (χ0n) is 10.9. The fraction of sp³-hybridized carbons (Fsp3) is 0.125. The van der Waals surface area contributed by atoms with Gasteiger partial charge in [-0.3, -0.25) is 4.79 Å². The van der Waals surface area contributed by atoms with Gasteiger partial charge in [-0.2, -0.15) is 0 Å². The van der Waals surface area contributed by atoms with Crippen LogP contribution >= 0.6 is 0 Å². The first kappa shape index (κ1) is 12.3. The first-order valence-electron chi connectivity index (χ1n) is 6.62. The summed E-state index contributed by atoms with van der Waals surface area (Å²) in [6.45, 7) is 0. The highest BCUT2D eigenvalue weighted by Crippen LogP contribution is 2.38. The van der Waals surface area contributed by atoms with Gasteiger partial charge in [0.2, 0.25) is 5.78 Å². The lowest BCUT2D eigenvalue weighted by atomic mass is 9.95. The Morgan fingerprint density at radius 3 is 2.62 bits per heavy atom. The topological polar surface area (TPSA) is 81.9 Å². The molecule has 2 aromatic carbocycles. The second-order valence-corrected chi connectivity index (χ2v) is 5.17. The molecule has 5 heteroatoms. The van der Waals surface area contributed by atoms with Crippen LogP contribution in [0.1, 0.15) is 11.1 Å². The largest absolute Gasteiger partial charge is 0.370 e. The summed E-state index contributed by atoms with van der Waals surface area (Å²) in [6.07, 6.45) is 0. The molecule has 0 aromatic heterocycles. The van der Waals surface area contributed by atoms with Crippen molar-refractivity contribution in [3.8, 4) is 0 Å². The number of hydrogen-bond donors (Lipinski definition) is 3. The number of aliphatic imine (C=N–C) groups is 1. The monoisotopic (exact) mass is 280 g/mol. The molecule has 0 radical (unpaired) electrons. The number of aliphatic hydroxyl groups is 2. The zero-order valence-corrected chi connectivity index (χ0v) is 10.9. The van der Waals surface area contributed by atoms with Crippen LogP contribution in [0.3, 0.4) is 0 Å². The van der Waals surface area contributed by atoms with E-state index in [0.29, 0.717) is 11.4 Å². The molecule has 1 unspecified atom stereocenters. The van der Waals surface area contributed by atoms with Crippen molar-refractivity contribution in [3.05, 3.63) is 59.7 Å². The average Bonchev–Trinajstić information content (AvgIpc) is 2.82. The summed E-state index contributed by atoms with van der Waals surface area (Å²) in [7, 11) is 0. The predicted molar refractivity (Wildman–Crippen MR) is 77.6 cm³/mol. The number of hydrogen-bond acceptors (Lipinski definition) is 5. The van der Waals surface area contributed by atoms with Crippen LogP contribution in [0, 0.1) is 0 Å². The number of nitrogens with one attached hydrogen (secondary N) is 1. The molecule has 0 spiro atoms. The average molecular weight is 280 g/mol. The first-order chi connectivity index (χ1) is 10.1. The van der Waals surface area contributed by atoms with Crippen LogP contribution in [-0.4, -0.2) is 27.7 Å². The van der Waals surface area contributed by atoms with Gasteiger partial charge in [-0.25, -0.2) is 4.99 Å². The van der Waals surface area contributed by atoms with E-state index in [9.17, 15) is 15.0 Å². The molecule has 0 bridgehead atoms. The molecule has 3 N–H and O–H groups in total. The van der Waals surface area contributed by atoms with Crippen molar-refractivity contribution >= 4 is 22.9 Å². The molecule has 4 rings (SSSR count). The number of rotatable bonds is 0. The molecule has 2 aliphatic heterocycles. The zero-order chi connectivity index (χ0) is 14.6. The van der Waals surface area contributed by atoms with Crippen LogP contribution in [0.25, 0.3) is 0 Å². The molecule has 104 valence electrons. The van der Waals surface area contributed by atoms with Crippen molar-refractivity contribution in [2.24, 2.45) is 4.99 Å². The summed E-state index contributed by atoms with van der Waals surface area (Å²) in [5.41, 5.74) is 2.60. The van der Waals surface area contributed by atoms with Gasteiger partial charge in [-0.15, -0.1) is 0 Å². The normalized spacial score (nSPS) is 21.5. The predicted octanol–water partition coefficient (Wildman–Crippen LogP) is 1.32. The maximum absolute atomic E-state index is 12.5. The number of benzene rings is 2. The Morgan fingerprint density at radius 2 is 1.76 bits per heavy atom. The van der Waals surface area contributed by atoms with Crippen LogP contribution in [0.4, 0.5) is 11.4 Å². The van der Waals surface area contributed by atoms with E-state index in [4.69, 9.17) is 0 Å². The Labute approximate surface area is 120 Å². The summed E-state index contributed by atoms with van der Waals surface area (Å²) < 4.78 is 0. The van der Waals surface area contributed by atoms with Crippen molar-refractivity contribution in [1.82, 2.24) is 0 Å². The van der Waals surface area contributed by atoms with E-state index >= 15 is 0 Å². The van der Waals surface area contributed by atoms with E-state index in [1.165, 1.54) is 6.07 Å². The third-order valence-electron chi connectivity index (χ3n) is 3.90. The van der Waals surface area contributed by atoms with Crippen LogP contribution in [0.2, 0.25) is 0 Å². The molecule has 21 heavy (non-hydrogen) atoms. The van der Waals surface area contributed by atoms with Crippen molar-refractivity contribution in [2.45, 2.75) is 11.8 Å². The molecule has 0 fully saturated rings. The third kappa shape index (κ3) is 1.59. The number of carbonyl (C=O) groups is 1. The van der Waals surface area contributed by atoms with Crippen LogP contribution in [0.5, 0.6) is 0 Å². The van der Waals surface area contributed by atoms with E-state index in [1.807, 2.05) is 24.3 Å². The van der Waals surface area contributed by atoms with Crippen LogP contribution in [0.15, 0.2) is 53.5 Å². The van der Waals surface area contributed by atoms with Gasteiger partial charge in [0.05, 0.1) is 11.4 Å². The van der Waals surface area contributed by atoms with Gasteiger partial charge < -0.3 is 15.5 Å². The van der Waals surface area contributed by atoms with E-state index in [2.05, 4.69) is 10.3 Å². The van der Waals surface area contributed by atoms with Crippen molar-refractivity contribution in [2.75, 3.05) is 5.32 Å². The lowest BCUT2D eigenvalue weighted by molar-refractivity contribution is -0.186. The quantitative estimate of drug-likeness (QED) is 0.636. The number of para-hydroxylation sites is 2. The molecule has 0 aliphatic carbocycles. The maximum Gasteiger partial charge on any atom is 0.256 e. The van der Waals surface area contributed by atoms with Crippen molar-refractivity contribution in [3.63, 3.8) is 0 Å². The number of Topliss-reactive ketones (excluding diaryl/α,β-unsaturated/α-hetero) is 1. The SMILES string of the molecule is O=C1C2Nc3ccccc3C2=Nc2ccccc2C1(O)O.